The van der Waals surface area contributed by atoms with Crippen molar-refractivity contribution in [3.05, 3.63) is 87.2 Å². The summed E-state index contributed by atoms with van der Waals surface area (Å²) in [5.74, 6) is 0.307. The van der Waals surface area contributed by atoms with Crippen molar-refractivity contribution in [2.75, 3.05) is 11.4 Å². The van der Waals surface area contributed by atoms with Crippen LogP contribution in [-0.4, -0.2) is 27.0 Å². The summed E-state index contributed by atoms with van der Waals surface area (Å²) in [7, 11) is 0. The Morgan fingerprint density at radius 1 is 1.07 bits per heavy atom. The molecule has 1 aliphatic rings. The van der Waals surface area contributed by atoms with Gasteiger partial charge in [0, 0.05) is 17.7 Å². The monoisotopic (exact) mass is 400 g/mol. The standard InChI is InChI=1S/C22H16N4O2S/c1-3-12-25-16-11-7-6-10-15(16)17(20(25)27)18-21(28)26-22(29-18)23-19(24-26)14-9-5-4-8-13(14)2/h3-11H,1,12H2,2H3/b18-17+. The molecule has 7 heteroatoms. The molecular weight excluding hydrogens is 384 g/mol. The van der Waals surface area contributed by atoms with Gasteiger partial charge in [-0.25, -0.2) is 0 Å². The fraction of sp³-hybridized carbons (Fsp3) is 0.0909. The quantitative estimate of drug-likeness (QED) is 0.496. The van der Waals surface area contributed by atoms with Gasteiger partial charge in [-0.1, -0.05) is 59.9 Å². The van der Waals surface area contributed by atoms with Crippen LogP contribution in [0.25, 0.3) is 21.9 Å². The van der Waals surface area contributed by atoms with Gasteiger partial charge in [0.25, 0.3) is 11.5 Å². The molecule has 142 valence electrons. The average Bonchev–Trinajstić information content (AvgIpc) is 3.35. The maximum atomic E-state index is 13.1. The third-order valence-electron chi connectivity index (χ3n) is 5.01. The molecule has 0 unspecified atom stereocenters. The number of thiazole rings is 1. The third-order valence-corrected chi connectivity index (χ3v) is 6.03. The molecule has 0 saturated carbocycles. The van der Waals surface area contributed by atoms with E-state index in [0.717, 1.165) is 22.4 Å². The Labute approximate surface area is 170 Å². The minimum atomic E-state index is -0.323. The van der Waals surface area contributed by atoms with Crippen LogP contribution < -0.4 is 15.0 Å². The Morgan fingerprint density at radius 2 is 1.79 bits per heavy atom. The lowest BCUT2D eigenvalue weighted by atomic mass is 10.1. The van der Waals surface area contributed by atoms with Gasteiger partial charge in [-0.3, -0.25) is 9.59 Å². The normalized spacial score (nSPS) is 15.2. The van der Waals surface area contributed by atoms with Crippen molar-refractivity contribution in [1.82, 2.24) is 14.6 Å². The van der Waals surface area contributed by atoms with E-state index in [1.807, 2.05) is 55.5 Å². The maximum absolute atomic E-state index is 13.1. The Morgan fingerprint density at radius 3 is 2.52 bits per heavy atom. The highest BCUT2D eigenvalue weighted by Gasteiger charge is 2.33. The van der Waals surface area contributed by atoms with Gasteiger partial charge in [-0.05, 0) is 18.6 Å². The number of para-hydroxylation sites is 1. The van der Waals surface area contributed by atoms with E-state index in [0.29, 0.717) is 27.4 Å². The third kappa shape index (κ3) is 2.55. The molecule has 5 rings (SSSR count). The van der Waals surface area contributed by atoms with Gasteiger partial charge < -0.3 is 4.90 Å². The Kier molecular flexibility index (Phi) is 3.92. The van der Waals surface area contributed by atoms with Crippen molar-refractivity contribution in [2.45, 2.75) is 6.92 Å². The lowest BCUT2D eigenvalue weighted by molar-refractivity contribution is -0.112. The van der Waals surface area contributed by atoms with E-state index in [4.69, 9.17) is 0 Å². The second kappa shape index (κ2) is 6.49. The van der Waals surface area contributed by atoms with E-state index in [1.54, 1.807) is 11.0 Å². The SMILES string of the molecule is C=CCN1C(=O)/C(=c2/sc3nc(-c4ccccc4C)nn3c2=O)c2ccccc21. The summed E-state index contributed by atoms with van der Waals surface area (Å²) in [5.41, 5.74) is 3.54. The van der Waals surface area contributed by atoms with Gasteiger partial charge in [0.05, 0.1) is 11.3 Å². The average molecular weight is 400 g/mol. The van der Waals surface area contributed by atoms with Crippen LogP contribution in [-0.2, 0) is 4.79 Å². The van der Waals surface area contributed by atoms with Crippen LogP contribution in [0.5, 0.6) is 0 Å². The van der Waals surface area contributed by atoms with Crippen LogP contribution in [0.3, 0.4) is 0 Å². The van der Waals surface area contributed by atoms with E-state index >= 15 is 0 Å². The number of rotatable bonds is 3. The molecular formula is C22H16N4O2S. The smallest absolute Gasteiger partial charge is 0.291 e. The first-order valence-electron chi connectivity index (χ1n) is 9.12. The number of fused-ring (bicyclic) bond motifs is 2. The Balaban J connectivity index is 1.75. The van der Waals surface area contributed by atoms with Gasteiger partial charge in [0.2, 0.25) is 4.96 Å². The minimum absolute atomic E-state index is 0.202. The number of carbonyl (C=O) groups is 1. The molecule has 0 atom stereocenters. The zero-order valence-electron chi connectivity index (χ0n) is 15.6. The topological polar surface area (TPSA) is 67.6 Å². The molecule has 4 aromatic rings. The number of amides is 1. The van der Waals surface area contributed by atoms with Crippen molar-refractivity contribution in [3.8, 4) is 11.4 Å². The number of aryl methyl sites for hydroxylation is 1. The van der Waals surface area contributed by atoms with E-state index in [-0.39, 0.29) is 11.5 Å². The summed E-state index contributed by atoms with van der Waals surface area (Å²) in [5, 5.41) is 4.42. The predicted molar refractivity (Wildman–Crippen MR) is 114 cm³/mol. The highest BCUT2D eigenvalue weighted by molar-refractivity contribution is 7.15. The molecule has 0 fully saturated rings. The Hall–Kier alpha value is -3.58. The molecule has 0 saturated heterocycles. The first-order valence-corrected chi connectivity index (χ1v) is 9.94. The summed E-state index contributed by atoms with van der Waals surface area (Å²) in [6.07, 6.45) is 1.67. The minimum Gasteiger partial charge on any atom is -0.304 e. The molecule has 1 amide bonds. The summed E-state index contributed by atoms with van der Waals surface area (Å²) in [6.45, 7) is 6.09. The van der Waals surface area contributed by atoms with Crippen molar-refractivity contribution in [1.29, 1.82) is 0 Å². The first kappa shape index (κ1) is 17.5. The summed E-state index contributed by atoms with van der Waals surface area (Å²) in [6, 6.07) is 15.2. The van der Waals surface area contributed by atoms with Crippen LogP contribution in [0.2, 0.25) is 0 Å². The molecule has 6 nitrogen and oxygen atoms in total. The largest absolute Gasteiger partial charge is 0.304 e. The molecule has 0 N–H and O–H groups in total. The van der Waals surface area contributed by atoms with E-state index in [2.05, 4.69) is 16.7 Å². The van der Waals surface area contributed by atoms with Crippen LogP contribution in [0.4, 0.5) is 5.69 Å². The van der Waals surface area contributed by atoms with E-state index in [1.165, 1.54) is 15.9 Å². The molecule has 1 aliphatic heterocycles. The van der Waals surface area contributed by atoms with Crippen molar-refractivity contribution in [3.63, 3.8) is 0 Å². The highest BCUT2D eigenvalue weighted by Crippen LogP contribution is 2.35. The number of nitrogens with zero attached hydrogens (tertiary/aromatic N) is 4. The number of carbonyl (C=O) groups excluding carboxylic acids is 1. The second-order valence-electron chi connectivity index (χ2n) is 6.78. The van der Waals surface area contributed by atoms with Crippen molar-refractivity contribution < 1.29 is 4.79 Å². The molecule has 0 bridgehead atoms. The molecule has 0 aliphatic carbocycles. The zero-order valence-corrected chi connectivity index (χ0v) is 16.4. The van der Waals surface area contributed by atoms with Gasteiger partial charge >= 0.3 is 0 Å². The summed E-state index contributed by atoms with van der Waals surface area (Å²) < 4.78 is 1.65. The molecule has 2 aromatic heterocycles. The fourth-order valence-electron chi connectivity index (χ4n) is 3.63. The molecule has 3 heterocycles. The van der Waals surface area contributed by atoms with Crippen molar-refractivity contribution in [2.24, 2.45) is 0 Å². The van der Waals surface area contributed by atoms with Gasteiger partial charge in [-0.15, -0.1) is 11.7 Å². The highest BCUT2D eigenvalue weighted by atomic mass is 32.1. The van der Waals surface area contributed by atoms with Crippen LogP contribution in [0.1, 0.15) is 11.1 Å². The number of aromatic nitrogens is 3. The summed E-state index contributed by atoms with van der Waals surface area (Å²) >= 11 is 1.20. The maximum Gasteiger partial charge on any atom is 0.291 e. The van der Waals surface area contributed by atoms with E-state index < -0.39 is 0 Å². The number of hydrogen-bond acceptors (Lipinski definition) is 5. The van der Waals surface area contributed by atoms with E-state index in [9.17, 15) is 9.59 Å². The van der Waals surface area contributed by atoms with Crippen LogP contribution in [0.15, 0.2) is 66.0 Å². The summed E-state index contributed by atoms with van der Waals surface area (Å²) in [4.78, 5) is 32.9. The number of hydrogen-bond donors (Lipinski definition) is 0. The number of anilines is 1. The van der Waals surface area contributed by atoms with Crippen LogP contribution in [0, 0.1) is 6.92 Å². The molecule has 29 heavy (non-hydrogen) atoms. The predicted octanol–water partition coefficient (Wildman–Crippen LogP) is 2.58. The molecule has 0 radical (unpaired) electrons. The molecule has 0 spiro atoms. The van der Waals surface area contributed by atoms with Crippen molar-refractivity contribution >= 4 is 33.5 Å². The Bertz CT molecular complexity index is 1420. The second-order valence-corrected chi connectivity index (χ2v) is 7.76. The van der Waals surface area contributed by atoms with Gasteiger partial charge in [-0.2, -0.15) is 9.50 Å². The fourth-order valence-corrected chi connectivity index (χ4v) is 4.63. The van der Waals surface area contributed by atoms with Gasteiger partial charge in [0.1, 0.15) is 4.53 Å². The lowest BCUT2D eigenvalue weighted by Crippen LogP contribution is -2.32. The number of benzene rings is 2. The van der Waals surface area contributed by atoms with Gasteiger partial charge in [0.15, 0.2) is 5.82 Å². The lowest BCUT2D eigenvalue weighted by Gasteiger charge is -2.13. The van der Waals surface area contributed by atoms with Crippen LogP contribution >= 0.6 is 11.3 Å². The molecule has 2 aromatic carbocycles. The zero-order chi connectivity index (χ0) is 20.1. The first-order chi connectivity index (χ1) is 14.1.